The van der Waals surface area contributed by atoms with E-state index < -0.39 is 0 Å². The van der Waals surface area contributed by atoms with Crippen LogP contribution in [-0.2, 0) is 11.3 Å². The van der Waals surface area contributed by atoms with Gasteiger partial charge >= 0.3 is 0 Å². The minimum atomic E-state index is -0.0576. The van der Waals surface area contributed by atoms with E-state index >= 15 is 0 Å². The van der Waals surface area contributed by atoms with Crippen molar-refractivity contribution < 1.29 is 19.1 Å². The van der Waals surface area contributed by atoms with Gasteiger partial charge in [0.2, 0.25) is 5.91 Å². The Balaban J connectivity index is 1.31. The van der Waals surface area contributed by atoms with Gasteiger partial charge in [0, 0.05) is 49.6 Å². The molecular formula is C25H28N2O4. The van der Waals surface area contributed by atoms with Gasteiger partial charge in [0.1, 0.15) is 5.75 Å². The molecule has 6 nitrogen and oxygen atoms in total. The van der Waals surface area contributed by atoms with E-state index in [0.717, 1.165) is 24.3 Å². The van der Waals surface area contributed by atoms with E-state index in [4.69, 9.17) is 4.74 Å². The van der Waals surface area contributed by atoms with Crippen LogP contribution < -0.4 is 4.74 Å². The number of amides is 2. The number of Topliss-reactive ketones (excluding diaryl/α,β-unsaturated/α-hetero) is 1. The molecule has 2 aliphatic heterocycles. The number of hydrogen-bond acceptors (Lipinski definition) is 4. The highest BCUT2D eigenvalue weighted by Gasteiger charge is 2.28. The van der Waals surface area contributed by atoms with Gasteiger partial charge in [0.25, 0.3) is 5.91 Å². The Morgan fingerprint density at radius 1 is 0.935 bits per heavy atom. The molecule has 2 amide bonds. The summed E-state index contributed by atoms with van der Waals surface area (Å²) in [5.74, 6) is 1.01. The number of nitrogens with zero attached hydrogens (tertiary/aromatic N) is 2. The fourth-order valence-electron chi connectivity index (χ4n) is 4.36. The minimum Gasteiger partial charge on any atom is -0.497 e. The second-order valence-electron chi connectivity index (χ2n) is 8.27. The van der Waals surface area contributed by atoms with E-state index in [-0.39, 0.29) is 23.5 Å². The number of carbonyl (C=O) groups excluding carboxylic acids is 3. The van der Waals surface area contributed by atoms with Crippen molar-refractivity contribution in [1.82, 2.24) is 9.80 Å². The standard InChI is InChI=1S/C25H28N2O4/c1-31-22-10-8-19(9-11-22)24(29)20-12-15-26(16-13-20)25(30)21-6-4-18(5-7-21)17-27-14-2-3-23(27)28/h4-11,20H,2-3,12-17H2,1H3. The summed E-state index contributed by atoms with van der Waals surface area (Å²) in [6.45, 7) is 2.57. The van der Waals surface area contributed by atoms with Crippen LogP contribution in [0.1, 0.15) is 52.0 Å². The summed E-state index contributed by atoms with van der Waals surface area (Å²) in [6.07, 6.45) is 2.90. The first-order valence-electron chi connectivity index (χ1n) is 10.9. The van der Waals surface area contributed by atoms with Gasteiger partial charge in [0.05, 0.1) is 7.11 Å². The maximum atomic E-state index is 12.9. The molecule has 2 fully saturated rings. The molecule has 0 aliphatic carbocycles. The highest BCUT2D eigenvalue weighted by Crippen LogP contribution is 2.24. The predicted octanol–water partition coefficient (Wildman–Crippen LogP) is 3.55. The molecule has 0 aromatic heterocycles. The average Bonchev–Trinajstić information content (AvgIpc) is 3.23. The summed E-state index contributed by atoms with van der Waals surface area (Å²) in [5.41, 5.74) is 2.38. The average molecular weight is 421 g/mol. The zero-order valence-corrected chi connectivity index (χ0v) is 17.9. The van der Waals surface area contributed by atoms with Crippen molar-refractivity contribution in [2.75, 3.05) is 26.7 Å². The van der Waals surface area contributed by atoms with Crippen molar-refractivity contribution in [3.05, 3.63) is 65.2 Å². The third-order valence-corrected chi connectivity index (χ3v) is 6.27. The molecule has 2 heterocycles. The highest BCUT2D eigenvalue weighted by molar-refractivity contribution is 5.98. The fraction of sp³-hybridized carbons (Fsp3) is 0.400. The molecule has 2 aromatic carbocycles. The smallest absolute Gasteiger partial charge is 0.253 e. The molecule has 0 spiro atoms. The van der Waals surface area contributed by atoms with Crippen LogP contribution in [0.25, 0.3) is 0 Å². The number of piperidine rings is 1. The number of likely N-dealkylation sites (tertiary alicyclic amines) is 2. The quantitative estimate of drug-likeness (QED) is 0.671. The molecule has 0 N–H and O–H groups in total. The summed E-state index contributed by atoms with van der Waals surface area (Å²) in [4.78, 5) is 41.1. The number of ketones is 1. The lowest BCUT2D eigenvalue weighted by Crippen LogP contribution is -2.40. The van der Waals surface area contributed by atoms with Crippen molar-refractivity contribution in [2.24, 2.45) is 5.92 Å². The van der Waals surface area contributed by atoms with Crippen molar-refractivity contribution >= 4 is 17.6 Å². The Bertz CT molecular complexity index is 944. The summed E-state index contributed by atoms with van der Waals surface area (Å²) in [5, 5.41) is 0. The van der Waals surface area contributed by atoms with Gasteiger partial charge in [-0.2, -0.15) is 0 Å². The third kappa shape index (κ3) is 4.79. The Morgan fingerprint density at radius 2 is 1.58 bits per heavy atom. The molecule has 2 aliphatic rings. The monoisotopic (exact) mass is 420 g/mol. The molecular weight excluding hydrogens is 392 g/mol. The van der Waals surface area contributed by atoms with Gasteiger partial charge in [-0.1, -0.05) is 12.1 Å². The lowest BCUT2D eigenvalue weighted by atomic mass is 9.88. The Hall–Kier alpha value is -3.15. The number of carbonyl (C=O) groups is 3. The van der Waals surface area contributed by atoms with Crippen LogP contribution >= 0.6 is 0 Å². The molecule has 31 heavy (non-hydrogen) atoms. The van der Waals surface area contributed by atoms with Gasteiger partial charge in [-0.25, -0.2) is 0 Å². The maximum absolute atomic E-state index is 12.9. The van der Waals surface area contributed by atoms with Crippen LogP contribution in [0.3, 0.4) is 0 Å². The van der Waals surface area contributed by atoms with Crippen LogP contribution in [0.2, 0.25) is 0 Å². The number of benzene rings is 2. The maximum Gasteiger partial charge on any atom is 0.253 e. The van der Waals surface area contributed by atoms with E-state index in [1.54, 1.807) is 31.4 Å². The minimum absolute atomic E-state index is 0.000791. The molecule has 0 unspecified atom stereocenters. The van der Waals surface area contributed by atoms with Crippen molar-refractivity contribution in [1.29, 1.82) is 0 Å². The van der Waals surface area contributed by atoms with E-state index in [1.165, 1.54) is 0 Å². The van der Waals surface area contributed by atoms with E-state index in [1.807, 2.05) is 34.1 Å². The van der Waals surface area contributed by atoms with Crippen LogP contribution in [0, 0.1) is 5.92 Å². The second kappa shape index (κ2) is 9.33. The van der Waals surface area contributed by atoms with Crippen LogP contribution in [-0.4, -0.2) is 54.1 Å². The predicted molar refractivity (Wildman–Crippen MR) is 117 cm³/mol. The van der Waals surface area contributed by atoms with Crippen LogP contribution in [0.15, 0.2) is 48.5 Å². The molecule has 2 saturated heterocycles. The van der Waals surface area contributed by atoms with Crippen molar-refractivity contribution in [3.63, 3.8) is 0 Å². The molecule has 0 saturated carbocycles. The molecule has 6 heteroatoms. The van der Waals surface area contributed by atoms with Gasteiger partial charge in [-0.05, 0) is 61.2 Å². The SMILES string of the molecule is COc1ccc(C(=O)C2CCN(C(=O)c3ccc(CN4CCCC4=O)cc3)CC2)cc1. The normalized spacial score (nSPS) is 17.1. The lowest BCUT2D eigenvalue weighted by molar-refractivity contribution is -0.128. The Labute approximate surface area is 182 Å². The first-order chi connectivity index (χ1) is 15.0. The zero-order valence-electron chi connectivity index (χ0n) is 17.9. The highest BCUT2D eigenvalue weighted by atomic mass is 16.5. The van der Waals surface area contributed by atoms with E-state index in [9.17, 15) is 14.4 Å². The zero-order chi connectivity index (χ0) is 21.8. The molecule has 0 bridgehead atoms. The molecule has 162 valence electrons. The van der Waals surface area contributed by atoms with E-state index in [2.05, 4.69) is 0 Å². The topological polar surface area (TPSA) is 66.9 Å². The van der Waals surface area contributed by atoms with Gasteiger partial charge in [-0.3, -0.25) is 14.4 Å². The van der Waals surface area contributed by atoms with Crippen molar-refractivity contribution in [2.45, 2.75) is 32.2 Å². The number of hydrogen-bond donors (Lipinski definition) is 0. The van der Waals surface area contributed by atoms with E-state index in [0.29, 0.717) is 50.0 Å². The summed E-state index contributed by atoms with van der Waals surface area (Å²) in [6, 6.07) is 14.7. The first kappa shape index (κ1) is 21.1. The molecule has 2 aromatic rings. The number of rotatable bonds is 6. The number of methoxy groups -OCH3 is 1. The lowest BCUT2D eigenvalue weighted by Gasteiger charge is -2.31. The third-order valence-electron chi connectivity index (χ3n) is 6.27. The Kier molecular flexibility index (Phi) is 6.35. The van der Waals surface area contributed by atoms with Crippen molar-refractivity contribution in [3.8, 4) is 5.75 Å². The molecule has 0 atom stereocenters. The number of ether oxygens (including phenoxy) is 1. The summed E-state index contributed by atoms with van der Waals surface area (Å²) in [7, 11) is 1.60. The van der Waals surface area contributed by atoms with Gasteiger partial charge in [0.15, 0.2) is 5.78 Å². The largest absolute Gasteiger partial charge is 0.497 e. The Morgan fingerprint density at radius 3 is 2.16 bits per heavy atom. The summed E-state index contributed by atoms with van der Waals surface area (Å²) < 4.78 is 5.15. The fourth-order valence-corrected chi connectivity index (χ4v) is 4.36. The first-order valence-corrected chi connectivity index (χ1v) is 10.9. The second-order valence-corrected chi connectivity index (χ2v) is 8.27. The summed E-state index contributed by atoms with van der Waals surface area (Å²) >= 11 is 0. The molecule has 4 rings (SSSR count). The van der Waals surface area contributed by atoms with Crippen LogP contribution in [0.5, 0.6) is 5.75 Å². The molecule has 0 radical (unpaired) electrons. The van der Waals surface area contributed by atoms with Crippen LogP contribution in [0.4, 0.5) is 0 Å². The van der Waals surface area contributed by atoms with Gasteiger partial charge in [-0.15, -0.1) is 0 Å². The van der Waals surface area contributed by atoms with Gasteiger partial charge < -0.3 is 14.5 Å².